The molecule has 1 aromatic heterocycles. The predicted molar refractivity (Wildman–Crippen MR) is 77.6 cm³/mol. The van der Waals surface area contributed by atoms with E-state index in [0.29, 0.717) is 17.9 Å². The van der Waals surface area contributed by atoms with Crippen molar-refractivity contribution in [2.24, 2.45) is 5.84 Å². The summed E-state index contributed by atoms with van der Waals surface area (Å²) < 4.78 is 0.989. The average Bonchev–Trinajstić information content (AvgIpc) is 3.16. The number of aromatic nitrogens is 1. The summed E-state index contributed by atoms with van der Waals surface area (Å²) in [6, 6.07) is 1.70. The zero-order chi connectivity index (χ0) is 13.2. The van der Waals surface area contributed by atoms with E-state index < -0.39 is 0 Å². The van der Waals surface area contributed by atoms with E-state index in [9.17, 15) is 4.79 Å². The van der Waals surface area contributed by atoms with Crippen molar-refractivity contribution >= 4 is 39.4 Å². The molecule has 7 heteroatoms. The lowest BCUT2D eigenvalue weighted by atomic mass is 10.2. The van der Waals surface area contributed by atoms with Crippen molar-refractivity contribution in [3.63, 3.8) is 0 Å². The number of carbonyl (C=O) groups excluding carboxylic acids is 1. The van der Waals surface area contributed by atoms with Gasteiger partial charge in [-0.15, -0.1) is 0 Å². The Morgan fingerprint density at radius 2 is 2.39 bits per heavy atom. The van der Waals surface area contributed by atoms with Crippen molar-refractivity contribution in [2.45, 2.75) is 17.6 Å². The summed E-state index contributed by atoms with van der Waals surface area (Å²) in [5.41, 5.74) is 2.88. The molecular weight excluding hydrogens is 316 g/mol. The first kappa shape index (κ1) is 13.6. The van der Waals surface area contributed by atoms with Crippen molar-refractivity contribution in [3.8, 4) is 0 Å². The van der Waals surface area contributed by atoms with E-state index in [4.69, 9.17) is 5.84 Å². The van der Waals surface area contributed by atoms with Crippen molar-refractivity contribution in [2.75, 3.05) is 18.2 Å². The molecule has 1 aliphatic carbocycles. The Morgan fingerprint density at radius 1 is 1.67 bits per heavy atom. The number of pyridine rings is 1. The standard InChI is InChI=1S/C11H15BrN4OS/c1-18-11(2-3-11)6-15-10(17)8-4-7(12)5-14-9(8)16-13/h4-5H,2-3,6,13H2,1H3,(H,14,16)(H,15,17). The van der Waals surface area contributed by atoms with Crippen molar-refractivity contribution in [3.05, 3.63) is 22.3 Å². The van der Waals surface area contributed by atoms with Gasteiger partial charge in [0.1, 0.15) is 0 Å². The molecule has 0 unspecified atom stereocenters. The number of nitrogens with one attached hydrogen (secondary N) is 2. The van der Waals surface area contributed by atoms with Gasteiger partial charge in [-0.1, -0.05) is 0 Å². The monoisotopic (exact) mass is 330 g/mol. The average molecular weight is 331 g/mol. The highest BCUT2D eigenvalue weighted by Crippen LogP contribution is 2.46. The number of hydrazine groups is 1. The van der Waals surface area contributed by atoms with Crippen molar-refractivity contribution < 1.29 is 4.79 Å². The number of anilines is 1. The zero-order valence-corrected chi connectivity index (χ0v) is 12.4. The Hall–Kier alpha value is -0.790. The molecule has 1 fully saturated rings. The highest BCUT2D eigenvalue weighted by Gasteiger charge is 2.42. The van der Waals surface area contributed by atoms with Gasteiger partial charge in [0, 0.05) is 22.0 Å². The topological polar surface area (TPSA) is 80.0 Å². The van der Waals surface area contributed by atoms with Gasteiger partial charge < -0.3 is 10.7 Å². The molecule has 18 heavy (non-hydrogen) atoms. The lowest BCUT2D eigenvalue weighted by molar-refractivity contribution is 0.0953. The molecule has 0 spiro atoms. The number of rotatable bonds is 5. The lowest BCUT2D eigenvalue weighted by Crippen LogP contribution is -2.32. The number of thioether (sulfide) groups is 1. The third kappa shape index (κ3) is 2.96. The van der Waals surface area contributed by atoms with Gasteiger partial charge >= 0.3 is 0 Å². The van der Waals surface area contributed by atoms with Crippen LogP contribution in [0, 0.1) is 0 Å². The maximum Gasteiger partial charge on any atom is 0.255 e. The fraction of sp³-hybridized carbons (Fsp3) is 0.455. The fourth-order valence-corrected chi connectivity index (χ4v) is 2.71. The van der Waals surface area contributed by atoms with E-state index in [2.05, 4.69) is 37.9 Å². The number of hydrogen-bond acceptors (Lipinski definition) is 5. The van der Waals surface area contributed by atoms with Gasteiger partial charge in [-0.2, -0.15) is 11.8 Å². The van der Waals surface area contributed by atoms with Crippen LogP contribution in [0.2, 0.25) is 0 Å². The first-order valence-electron chi connectivity index (χ1n) is 5.56. The van der Waals surface area contributed by atoms with Crippen LogP contribution in [0.3, 0.4) is 0 Å². The zero-order valence-electron chi connectivity index (χ0n) is 10.00. The Labute approximate surface area is 118 Å². The summed E-state index contributed by atoms with van der Waals surface area (Å²) in [6.07, 6.45) is 5.99. The Bertz CT molecular complexity index is 464. The molecule has 0 bridgehead atoms. The van der Waals surface area contributed by atoms with Gasteiger partial charge in [-0.3, -0.25) is 4.79 Å². The quantitative estimate of drug-likeness (QED) is 0.566. The summed E-state index contributed by atoms with van der Waals surface area (Å²) in [5.74, 6) is 5.57. The van der Waals surface area contributed by atoms with Crippen LogP contribution in [0.25, 0.3) is 0 Å². The Kier molecular flexibility index (Phi) is 4.14. The first-order chi connectivity index (χ1) is 8.60. The van der Waals surface area contributed by atoms with Gasteiger partial charge in [-0.25, -0.2) is 10.8 Å². The van der Waals surface area contributed by atoms with Crippen LogP contribution in [0.4, 0.5) is 5.82 Å². The molecule has 5 nitrogen and oxygen atoms in total. The first-order valence-corrected chi connectivity index (χ1v) is 7.57. The molecule has 0 radical (unpaired) electrons. The number of halogens is 1. The minimum atomic E-state index is -0.155. The second-order valence-corrected chi connectivity index (χ2v) is 6.45. The molecule has 0 aromatic carbocycles. The molecule has 0 aliphatic heterocycles. The summed E-state index contributed by atoms with van der Waals surface area (Å²) in [5, 5.41) is 2.94. The van der Waals surface area contributed by atoms with Gasteiger partial charge in [0.05, 0.1) is 5.56 Å². The molecule has 1 heterocycles. The number of nitrogens with zero attached hydrogens (tertiary/aromatic N) is 1. The number of amides is 1. The van der Waals surface area contributed by atoms with Crippen LogP contribution >= 0.6 is 27.7 Å². The highest BCUT2D eigenvalue weighted by molar-refractivity contribution is 9.10. The minimum Gasteiger partial charge on any atom is -0.351 e. The lowest BCUT2D eigenvalue weighted by Gasteiger charge is -2.14. The molecule has 4 N–H and O–H groups in total. The molecule has 98 valence electrons. The van der Waals surface area contributed by atoms with E-state index in [1.165, 1.54) is 0 Å². The molecule has 1 saturated carbocycles. The third-order valence-electron chi connectivity index (χ3n) is 3.05. The van der Waals surface area contributed by atoms with E-state index in [0.717, 1.165) is 17.3 Å². The van der Waals surface area contributed by atoms with E-state index in [1.54, 1.807) is 12.3 Å². The van der Waals surface area contributed by atoms with E-state index in [1.807, 2.05) is 11.8 Å². The number of nitrogen functional groups attached to an aromatic ring is 1. The summed E-state index contributed by atoms with van der Waals surface area (Å²) in [4.78, 5) is 16.1. The van der Waals surface area contributed by atoms with Gasteiger partial charge in [0.2, 0.25) is 0 Å². The van der Waals surface area contributed by atoms with Crippen LogP contribution < -0.4 is 16.6 Å². The summed E-state index contributed by atoms with van der Waals surface area (Å²) in [6.45, 7) is 0.684. The van der Waals surface area contributed by atoms with Crippen LogP contribution in [-0.4, -0.2) is 28.4 Å². The Balaban J connectivity index is 2.06. The van der Waals surface area contributed by atoms with E-state index in [-0.39, 0.29) is 10.7 Å². The highest BCUT2D eigenvalue weighted by atomic mass is 79.9. The normalized spacial score (nSPS) is 16.2. The van der Waals surface area contributed by atoms with Gasteiger partial charge in [0.15, 0.2) is 5.82 Å². The molecule has 1 aliphatic rings. The molecule has 1 aromatic rings. The second kappa shape index (κ2) is 5.46. The van der Waals surface area contributed by atoms with Crippen LogP contribution in [-0.2, 0) is 0 Å². The minimum absolute atomic E-state index is 0.155. The fourth-order valence-electron chi connectivity index (χ4n) is 1.66. The summed E-state index contributed by atoms with van der Waals surface area (Å²) >= 11 is 5.10. The molecule has 2 rings (SSSR count). The number of nitrogens with two attached hydrogens (primary N) is 1. The maximum absolute atomic E-state index is 12.1. The van der Waals surface area contributed by atoms with Gasteiger partial charge in [-0.05, 0) is 41.1 Å². The Morgan fingerprint density at radius 3 is 2.94 bits per heavy atom. The molecule has 0 atom stereocenters. The predicted octanol–water partition coefficient (Wildman–Crippen LogP) is 1.76. The SMILES string of the molecule is CSC1(CNC(=O)c2cc(Br)cnc2NN)CC1. The third-order valence-corrected chi connectivity index (χ3v) is 4.90. The van der Waals surface area contributed by atoms with Crippen molar-refractivity contribution in [1.29, 1.82) is 0 Å². The summed E-state index contributed by atoms with van der Waals surface area (Å²) in [7, 11) is 0. The van der Waals surface area contributed by atoms with E-state index >= 15 is 0 Å². The largest absolute Gasteiger partial charge is 0.351 e. The molecule has 0 saturated heterocycles. The number of hydrogen-bond donors (Lipinski definition) is 3. The van der Waals surface area contributed by atoms with Crippen LogP contribution in [0.1, 0.15) is 23.2 Å². The number of carbonyl (C=O) groups is 1. The van der Waals surface area contributed by atoms with Crippen molar-refractivity contribution in [1.82, 2.24) is 10.3 Å². The van der Waals surface area contributed by atoms with Crippen LogP contribution in [0.15, 0.2) is 16.7 Å². The van der Waals surface area contributed by atoms with Crippen LogP contribution in [0.5, 0.6) is 0 Å². The van der Waals surface area contributed by atoms with Gasteiger partial charge in [0.25, 0.3) is 5.91 Å². The molecular formula is C11H15BrN4OS. The maximum atomic E-state index is 12.1. The molecule has 1 amide bonds. The second-order valence-electron chi connectivity index (χ2n) is 4.26. The smallest absolute Gasteiger partial charge is 0.255 e.